The van der Waals surface area contributed by atoms with Crippen LogP contribution in [-0.2, 0) is 4.79 Å². The zero-order valence-corrected chi connectivity index (χ0v) is 14.6. The number of halogens is 1. The van der Waals surface area contributed by atoms with E-state index >= 15 is 0 Å². The lowest BCUT2D eigenvalue weighted by atomic mass is 10.3. The van der Waals surface area contributed by atoms with Crippen LogP contribution in [-0.4, -0.2) is 20.9 Å². The number of nitrogen functional groups attached to an aromatic ring is 1. The zero-order valence-electron chi connectivity index (χ0n) is 13.8. The quantitative estimate of drug-likeness (QED) is 0.508. The molecule has 0 bridgehead atoms. The Morgan fingerprint density at radius 3 is 2.12 bits per heavy atom. The van der Waals surface area contributed by atoms with E-state index in [1.165, 1.54) is 6.92 Å². The molecule has 3 aromatic rings. The maximum atomic E-state index is 11.2. The molecular formula is C17H16ClN7O. The Hall–Kier alpha value is -3.39. The number of nitrogens with two attached hydrogens (primary N) is 1. The molecule has 0 saturated carbocycles. The summed E-state index contributed by atoms with van der Waals surface area (Å²) >= 11 is 5.99. The van der Waals surface area contributed by atoms with Gasteiger partial charge in [0.1, 0.15) is 0 Å². The normalized spacial score (nSPS) is 10.2. The first-order valence-corrected chi connectivity index (χ1v) is 8.04. The van der Waals surface area contributed by atoms with E-state index in [0.717, 1.165) is 5.69 Å². The molecule has 0 atom stereocenters. The van der Waals surface area contributed by atoms with E-state index in [1.54, 1.807) is 30.3 Å². The van der Waals surface area contributed by atoms with Crippen LogP contribution in [0.3, 0.4) is 0 Å². The van der Waals surface area contributed by atoms with E-state index in [4.69, 9.17) is 17.3 Å². The van der Waals surface area contributed by atoms with Gasteiger partial charge in [0.25, 0.3) is 0 Å². The maximum Gasteiger partial charge on any atom is 0.233 e. The standard InChI is InChI=1S/C17H16ClN7O/c1-10(26)20-13-6-3-7-14(9-13)22-17-24-15(18)23-16(25-17)21-12-5-2-4-11(19)8-12/h2-9H,19H2,1H3,(H,20,26)(H2,21,22,23,24,25). The first kappa shape index (κ1) is 17.4. The number of hydrogen-bond acceptors (Lipinski definition) is 7. The Bertz CT molecular complexity index is 948. The average Bonchev–Trinajstić information content (AvgIpc) is 2.54. The van der Waals surface area contributed by atoms with Crippen LogP contribution in [0.1, 0.15) is 6.92 Å². The zero-order chi connectivity index (χ0) is 18.5. The number of carbonyl (C=O) groups is 1. The highest BCUT2D eigenvalue weighted by Gasteiger charge is 2.07. The number of carbonyl (C=O) groups excluding carboxylic acids is 1. The highest BCUT2D eigenvalue weighted by Crippen LogP contribution is 2.21. The topological polar surface area (TPSA) is 118 Å². The SMILES string of the molecule is CC(=O)Nc1cccc(Nc2nc(Cl)nc(Nc3cccc(N)c3)n2)c1. The Labute approximate surface area is 154 Å². The van der Waals surface area contributed by atoms with E-state index in [1.807, 2.05) is 18.2 Å². The third-order valence-electron chi connectivity index (χ3n) is 3.19. The van der Waals surface area contributed by atoms with Gasteiger partial charge in [0.15, 0.2) is 0 Å². The minimum Gasteiger partial charge on any atom is -0.399 e. The van der Waals surface area contributed by atoms with E-state index in [0.29, 0.717) is 17.1 Å². The van der Waals surface area contributed by atoms with Gasteiger partial charge in [-0.1, -0.05) is 12.1 Å². The average molecular weight is 370 g/mol. The minimum atomic E-state index is -0.154. The fourth-order valence-corrected chi connectivity index (χ4v) is 2.37. The van der Waals surface area contributed by atoms with Crippen molar-refractivity contribution in [2.45, 2.75) is 6.92 Å². The van der Waals surface area contributed by atoms with Crippen LogP contribution < -0.4 is 21.7 Å². The summed E-state index contributed by atoms with van der Waals surface area (Å²) in [7, 11) is 0. The van der Waals surface area contributed by atoms with Gasteiger partial charge in [0.05, 0.1) is 0 Å². The first-order valence-electron chi connectivity index (χ1n) is 7.67. The van der Waals surface area contributed by atoms with Gasteiger partial charge in [0, 0.05) is 29.7 Å². The fourth-order valence-electron chi connectivity index (χ4n) is 2.21. The van der Waals surface area contributed by atoms with Gasteiger partial charge in [-0.3, -0.25) is 4.79 Å². The van der Waals surface area contributed by atoms with Crippen molar-refractivity contribution >= 4 is 52.2 Å². The van der Waals surface area contributed by atoms with Gasteiger partial charge < -0.3 is 21.7 Å². The largest absolute Gasteiger partial charge is 0.399 e. The number of aromatic nitrogens is 3. The summed E-state index contributed by atoms with van der Waals surface area (Å²) in [5.41, 5.74) is 8.44. The number of anilines is 6. The number of amides is 1. The molecule has 2 aromatic carbocycles. The number of nitrogens with one attached hydrogen (secondary N) is 3. The smallest absolute Gasteiger partial charge is 0.233 e. The molecule has 26 heavy (non-hydrogen) atoms. The monoisotopic (exact) mass is 369 g/mol. The van der Waals surface area contributed by atoms with Crippen molar-refractivity contribution in [1.29, 1.82) is 0 Å². The summed E-state index contributed by atoms with van der Waals surface area (Å²) in [6.07, 6.45) is 0. The predicted octanol–water partition coefficient (Wildman–Crippen LogP) is 3.55. The van der Waals surface area contributed by atoms with E-state index < -0.39 is 0 Å². The number of nitrogens with zero attached hydrogens (tertiary/aromatic N) is 3. The molecule has 9 heteroatoms. The molecule has 0 spiro atoms. The highest BCUT2D eigenvalue weighted by molar-refractivity contribution is 6.28. The second-order valence-electron chi connectivity index (χ2n) is 5.39. The molecule has 0 radical (unpaired) electrons. The third-order valence-corrected chi connectivity index (χ3v) is 3.36. The van der Waals surface area contributed by atoms with Crippen molar-refractivity contribution in [3.63, 3.8) is 0 Å². The van der Waals surface area contributed by atoms with Gasteiger partial charge in [-0.05, 0) is 48.0 Å². The predicted molar refractivity (Wildman–Crippen MR) is 103 cm³/mol. The molecular weight excluding hydrogens is 354 g/mol. The van der Waals surface area contributed by atoms with Crippen LogP contribution in [0.4, 0.5) is 34.6 Å². The van der Waals surface area contributed by atoms with Crippen molar-refractivity contribution in [2.75, 3.05) is 21.7 Å². The molecule has 0 saturated heterocycles. The summed E-state index contributed by atoms with van der Waals surface area (Å²) in [6, 6.07) is 14.3. The molecule has 1 aromatic heterocycles. The van der Waals surface area contributed by atoms with Crippen molar-refractivity contribution in [3.8, 4) is 0 Å². The van der Waals surface area contributed by atoms with Crippen molar-refractivity contribution in [2.24, 2.45) is 0 Å². The lowest BCUT2D eigenvalue weighted by Gasteiger charge is -2.10. The molecule has 0 aliphatic rings. The van der Waals surface area contributed by atoms with Gasteiger partial charge in [-0.2, -0.15) is 15.0 Å². The lowest BCUT2D eigenvalue weighted by Crippen LogP contribution is -2.06. The summed E-state index contributed by atoms with van der Waals surface area (Å²) < 4.78 is 0. The van der Waals surface area contributed by atoms with Gasteiger partial charge in [0.2, 0.25) is 23.1 Å². The molecule has 132 valence electrons. The molecule has 8 nitrogen and oxygen atoms in total. The van der Waals surface area contributed by atoms with Crippen molar-refractivity contribution < 1.29 is 4.79 Å². The fraction of sp³-hybridized carbons (Fsp3) is 0.0588. The first-order chi connectivity index (χ1) is 12.5. The number of hydrogen-bond donors (Lipinski definition) is 4. The summed E-state index contributed by atoms with van der Waals surface area (Å²) in [5, 5.41) is 8.80. The molecule has 1 amide bonds. The maximum absolute atomic E-state index is 11.2. The van der Waals surface area contributed by atoms with E-state index in [9.17, 15) is 4.79 Å². The second-order valence-corrected chi connectivity index (χ2v) is 5.73. The van der Waals surface area contributed by atoms with Gasteiger partial charge >= 0.3 is 0 Å². The van der Waals surface area contributed by atoms with Crippen LogP contribution in [0.5, 0.6) is 0 Å². The van der Waals surface area contributed by atoms with Gasteiger partial charge in [-0.25, -0.2) is 0 Å². The molecule has 5 N–H and O–H groups in total. The van der Waals surface area contributed by atoms with E-state index in [-0.39, 0.29) is 23.1 Å². The Kier molecular flexibility index (Phi) is 5.14. The highest BCUT2D eigenvalue weighted by atomic mass is 35.5. The molecule has 3 rings (SSSR count). The van der Waals surface area contributed by atoms with Gasteiger partial charge in [-0.15, -0.1) is 0 Å². The van der Waals surface area contributed by atoms with Crippen LogP contribution >= 0.6 is 11.6 Å². The molecule has 0 aliphatic heterocycles. The Morgan fingerprint density at radius 2 is 1.50 bits per heavy atom. The van der Waals surface area contributed by atoms with E-state index in [2.05, 4.69) is 30.9 Å². The minimum absolute atomic E-state index is 0.0342. The Morgan fingerprint density at radius 1 is 0.923 bits per heavy atom. The number of benzene rings is 2. The second kappa shape index (κ2) is 7.66. The van der Waals surface area contributed by atoms with Crippen LogP contribution in [0.2, 0.25) is 5.28 Å². The molecule has 0 unspecified atom stereocenters. The summed E-state index contributed by atoms with van der Waals surface area (Å²) in [4.78, 5) is 23.6. The van der Waals surface area contributed by atoms with Crippen LogP contribution in [0, 0.1) is 0 Å². The summed E-state index contributed by atoms with van der Waals surface area (Å²) in [5.74, 6) is 0.381. The Balaban J connectivity index is 1.80. The molecule has 1 heterocycles. The molecule has 0 aliphatic carbocycles. The van der Waals surface area contributed by atoms with Crippen molar-refractivity contribution in [1.82, 2.24) is 15.0 Å². The summed E-state index contributed by atoms with van der Waals surface area (Å²) in [6.45, 7) is 1.44. The van der Waals surface area contributed by atoms with Crippen LogP contribution in [0.25, 0.3) is 0 Å². The number of rotatable bonds is 5. The van der Waals surface area contributed by atoms with Crippen molar-refractivity contribution in [3.05, 3.63) is 53.8 Å². The van der Waals surface area contributed by atoms with Crippen LogP contribution in [0.15, 0.2) is 48.5 Å². The third kappa shape index (κ3) is 4.81. The molecule has 0 fully saturated rings. The lowest BCUT2D eigenvalue weighted by molar-refractivity contribution is -0.114.